The predicted molar refractivity (Wildman–Crippen MR) is 116 cm³/mol. The highest BCUT2D eigenvalue weighted by Crippen LogP contribution is 2.33. The molecule has 0 spiro atoms. The van der Waals surface area contributed by atoms with Crippen molar-refractivity contribution >= 4 is 29.4 Å². The summed E-state index contributed by atoms with van der Waals surface area (Å²) in [6, 6.07) is 14.9. The number of imide groups is 1. The quantitative estimate of drug-likeness (QED) is 0.670. The van der Waals surface area contributed by atoms with Crippen LogP contribution in [-0.2, 0) is 15.1 Å². The zero-order valence-corrected chi connectivity index (χ0v) is 17.8. The number of urea groups is 1. The van der Waals surface area contributed by atoms with Gasteiger partial charge >= 0.3 is 6.03 Å². The van der Waals surface area contributed by atoms with Gasteiger partial charge in [0.15, 0.2) is 0 Å². The third kappa shape index (κ3) is 4.42. The fourth-order valence-corrected chi connectivity index (χ4v) is 3.68. The van der Waals surface area contributed by atoms with Gasteiger partial charge in [-0.25, -0.2) is 4.79 Å². The minimum absolute atomic E-state index is 0.148. The van der Waals surface area contributed by atoms with Gasteiger partial charge in [-0.3, -0.25) is 19.3 Å². The van der Waals surface area contributed by atoms with Crippen molar-refractivity contribution in [3.63, 3.8) is 0 Å². The number of nitrogens with zero attached hydrogens (tertiary/aromatic N) is 2. The van der Waals surface area contributed by atoms with Gasteiger partial charge in [-0.1, -0.05) is 43.7 Å². The first-order valence-electron chi connectivity index (χ1n) is 10.1. The van der Waals surface area contributed by atoms with Crippen molar-refractivity contribution in [1.82, 2.24) is 15.1 Å². The Kier molecular flexibility index (Phi) is 6.39. The van der Waals surface area contributed by atoms with E-state index in [1.807, 2.05) is 25.1 Å². The Morgan fingerprint density at radius 2 is 1.68 bits per heavy atom. The molecule has 2 N–H and O–H groups in total. The van der Waals surface area contributed by atoms with Gasteiger partial charge in [0.2, 0.25) is 5.91 Å². The van der Waals surface area contributed by atoms with Crippen LogP contribution in [0.25, 0.3) is 0 Å². The summed E-state index contributed by atoms with van der Waals surface area (Å²) in [5.74, 6) is -1.09. The molecule has 3 rings (SSSR count). The number of carbonyl (C=O) groups is 4. The average molecular weight is 422 g/mol. The van der Waals surface area contributed by atoms with Gasteiger partial charge in [-0.15, -0.1) is 0 Å². The second kappa shape index (κ2) is 8.99. The third-order valence-corrected chi connectivity index (χ3v) is 5.19. The maximum Gasteiger partial charge on any atom is 0.325 e. The van der Waals surface area contributed by atoms with E-state index in [4.69, 9.17) is 0 Å². The highest BCUT2D eigenvalue weighted by Gasteiger charge is 2.52. The maximum absolute atomic E-state index is 13.2. The van der Waals surface area contributed by atoms with Crippen LogP contribution in [0.3, 0.4) is 0 Å². The van der Waals surface area contributed by atoms with Crippen molar-refractivity contribution in [3.05, 3.63) is 65.7 Å². The lowest BCUT2D eigenvalue weighted by molar-refractivity contribution is -0.134. The number of amides is 5. The molecule has 8 heteroatoms. The lowest BCUT2D eigenvalue weighted by Gasteiger charge is -2.26. The van der Waals surface area contributed by atoms with E-state index in [1.165, 1.54) is 4.90 Å². The minimum atomic E-state index is -1.17. The summed E-state index contributed by atoms with van der Waals surface area (Å²) in [5, 5.41) is 5.47. The number of hydrogen-bond acceptors (Lipinski definition) is 4. The van der Waals surface area contributed by atoms with Crippen LogP contribution in [0.5, 0.6) is 0 Å². The Balaban J connectivity index is 1.72. The van der Waals surface area contributed by atoms with Gasteiger partial charge in [-0.05, 0) is 36.2 Å². The molecule has 8 nitrogen and oxygen atoms in total. The molecule has 1 fully saturated rings. The van der Waals surface area contributed by atoms with Crippen molar-refractivity contribution in [2.75, 3.05) is 26.0 Å². The number of rotatable bonds is 7. The first-order valence-corrected chi connectivity index (χ1v) is 10.1. The van der Waals surface area contributed by atoms with E-state index in [-0.39, 0.29) is 5.91 Å². The van der Waals surface area contributed by atoms with E-state index < -0.39 is 29.9 Å². The molecule has 5 amide bonds. The van der Waals surface area contributed by atoms with Crippen LogP contribution in [0.15, 0.2) is 54.6 Å². The standard InChI is InChI=1S/C23H26N4O4/c1-4-14-23(17-8-6-5-7-9-17)21(30)27(22(31)25-23)15-19(28)24-18-12-10-16(11-13-18)20(29)26(2)3/h5-13H,4,14-15H2,1-3H3,(H,24,28)(H,25,31)/t23-/m0/s1. The lowest BCUT2D eigenvalue weighted by atomic mass is 9.85. The summed E-state index contributed by atoms with van der Waals surface area (Å²) in [6.07, 6.45) is 1.11. The third-order valence-electron chi connectivity index (χ3n) is 5.19. The number of benzene rings is 2. The van der Waals surface area contributed by atoms with Crippen LogP contribution in [0, 0.1) is 0 Å². The largest absolute Gasteiger partial charge is 0.345 e. The fraction of sp³-hybridized carbons (Fsp3) is 0.304. The first-order chi connectivity index (χ1) is 14.8. The van der Waals surface area contributed by atoms with Crippen LogP contribution < -0.4 is 10.6 Å². The molecule has 1 aliphatic heterocycles. The zero-order valence-electron chi connectivity index (χ0n) is 17.8. The molecule has 1 aliphatic rings. The van der Waals surface area contributed by atoms with E-state index in [1.54, 1.807) is 50.5 Å². The fourth-order valence-electron chi connectivity index (χ4n) is 3.68. The van der Waals surface area contributed by atoms with Gasteiger partial charge in [0.05, 0.1) is 0 Å². The smallest absolute Gasteiger partial charge is 0.325 e. The van der Waals surface area contributed by atoms with Crippen LogP contribution in [0.2, 0.25) is 0 Å². The molecule has 2 aromatic rings. The Morgan fingerprint density at radius 1 is 1.03 bits per heavy atom. The molecule has 2 aromatic carbocycles. The molecule has 0 saturated carbocycles. The summed E-state index contributed by atoms with van der Waals surface area (Å²) >= 11 is 0. The highest BCUT2D eigenvalue weighted by atomic mass is 16.2. The number of carbonyl (C=O) groups excluding carboxylic acids is 4. The van der Waals surface area contributed by atoms with Gasteiger partial charge in [-0.2, -0.15) is 0 Å². The summed E-state index contributed by atoms with van der Waals surface area (Å²) in [5.41, 5.74) is 0.487. The Labute approximate surface area is 181 Å². The molecule has 0 aromatic heterocycles. The van der Waals surface area contributed by atoms with Crippen LogP contribution in [0.4, 0.5) is 10.5 Å². The normalized spacial score (nSPS) is 18.0. The van der Waals surface area contributed by atoms with Crippen LogP contribution in [-0.4, -0.2) is 54.2 Å². The highest BCUT2D eigenvalue weighted by molar-refractivity contribution is 6.10. The van der Waals surface area contributed by atoms with Crippen LogP contribution >= 0.6 is 0 Å². The molecule has 0 bridgehead atoms. The van der Waals surface area contributed by atoms with Gasteiger partial charge in [0, 0.05) is 25.3 Å². The van der Waals surface area contributed by atoms with E-state index in [0.29, 0.717) is 29.7 Å². The Morgan fingerprint density at radius 3 is 2.26 bits per heavy atom. The molecule has 1 saturated heterocycles. The molecule has 0 radical (unpaired) electrons. The van der Waals surface area contributed by atoms with Crippen molar-refractivity contribution in [2.45, 2.75) is 25.3 Å². The van der Waals surface area contributed by atoms with Gasteiger partial charge in [0.25, 0.3) is 11.8 Å². The monoisotopic (exact) mass is 422 g/mol. The second-order valence-electron chi connectivity index (χ2n) is 7.67. The topological polar surface area (TPSA) is 98.8 Å². The lowest BCUT2D eigenvalue weighted by Crippen LogP contribution is -2.44. The molecule has 1 heterocycles. The number of nitrogens with one attached hydrogen (secondary N) is 2. The van der Waals surface area contributed by atoms with Gasteiger partial charge in [0.1, 0.15) is 12.1 Å². The van der Waals surface area contributed by atoms with E-state index >= 15 is 0 Å². The van der Waals surface area contributed by atoms with Crippen LogP contribution in [0.1, 0.15) is 35.7 Å². The Bertz CT molecular complexity index is 988. The first kappa shape index (κ1) is 22.0. The molecular formula is C23H26N4O4. The number of anilines is 1. The zero-order chi connectivity index (χ0) is 22.6. The molecule has 1 atom stereocenters. The number of hydrogen-bond donors (Lipinski definition) is 2. The van der Waals surface area contributed by atoms with E-state index in [2.05, 4.69) is 10.6 Å². The maximum atomic E-state index is 13.2. The minimum Gasteiger partial charge on any atom is -0.345 e. The Hall–Kier alpha value is -3.68. The van der Waals surface area contributed by atoms with E-state index in [0.717, 1.165) is 4.90 Å². The molecule has 162 valence electrons. The van der Waals surface area contributed by atoms with Crippen molar-refractivity contribution in [1.29, 1.82) is 0 Å². The predicted octanol–water partition coefficient (Wildman–Crippen LogP) is 2.57. The molecule has 0 aliphatic carbocycles. The SMILES string of the molecule is CCC[C@@]1(c2ccccc2)NC(=O)N(CC(=O)Nc2ccc(C(=O)N(C)C)cc2)C1=O. The molecule has 0 unspecified atom stereocenters. The van der Waals surface area contributed by atoms with Crippen molar-refractivity contribution in [2.24, 2.45) is 0 Å². The average Bonchev–Trinajstić information content (AvgIpc) is 2.99. The molecular weight excluding hydrogens is 396 g/mol. The van der Waals surface area contributed by atoms with Crippen molar-refractivity contribution in [3.8, 4) is 0 Å². The summed E-state index contributed by atoms with van der Waals surface area (Å²) in [6.45, 7) is 1.53. The molecule has 31 heavy (non-hydrogen) atoms. The van der Waals surface area contributed by atoms with Gasteiger partial charge < -0.3 is 15.5 Å². The summed E-state index contributed by atoms with van der Waals surface area (Å²) in [4.78, 5) is 52.7. The summed E-state index contributed by atoms with van der Waals surface area (Å²) in [7, 11) is 3.31. The second-order valence-corrected chi connectivity index (χ2v) is 7.67. The summed E-state index contributed by atoms with van der Waals surface area (Å²) < 4.78 is 0. The van der Waals surface area contributed by atoms with E-state index in [9.17, 15) is 19.2 Å². The van der Waals surface area contributed by atoms with Crippen molar-refractivity contribution < 1.29 is 19.2 Å².